The molecule has 0 aliphatic carbocycles. The van der Waals surface area contributed by atoms with Crippen LogP contribution >= 0.6 is 39.1 Å². The minimum absolute atomic E-state index is 0.0622. The third kappa shape index (κ3) is 1.88. The molecule has 2 rings (SSSR count). The van der Waals surface area contributed by atoms with Crippen molar-refractivity contribution in [2.24, 2.45) is 0 Å². The van der Waals surface area contributed by atoms with E-state index in [9.17, 15) is 4.79 Å². The Balaban J connectivity index is 2.82. The Morgan fingerprint density at radius 3 is 2.62 bits per heavy atom. The van der Waals surface area contributed by atoms with Crippen molar-refractivity contribution in [3.63, 3.8) is 0 Å². The molecule has 6 heteroatoms. The lowest BCUT2D eigenvalue weighted by molar-refractivity contribution is 0.0691. The van der Waals surface area contributed by atoms with Gasteiger partial charge in [-0.05, 0) is 28.1 Å². The molecule has 2 aromatic rings. The van der Waals surface area contributed by atoms with E-state index in [0.29, 0.717) is 15.0 Å². The van der Waals surface area contributed by atoms with Crippen LogP contribution in [0.25, 0.3) is 10.9 Å². The maximum atomic E-state index is 10.8. The number of hydrogen-bond acceptors (Lipinski definition) is 2. The van der Waals surface area contributed by atoms with E-state index >= 15 is 0 Å². The predicted octanol–water partition coefficient (Wildman–Crippen LogP) is 4.00. The van der Waals surface area contributed by atoms with E-state index in [1.165, 1.54) is 6.07 Å². The molecular weight excluding hydrogens is 317 g/mol. The van der Waals surface area contributed by atoms with Crippen LogP contribution in [0.2, 0.25) is 10.0 Å². The van der Waals surface area contributed by atoms with Gasteiger partial charge < -0.3 is 5.11 Å². The van der Waals surface area contributed by atoms with E-state index in [1.54, 1.807) is 12.1 Å². The number of aromatic nitrogens is 1. The van der Waals surface area contributed by atoms with E-state index in [-0.39, 0.29) is 10.7 Å². The molecule has 1 heterocycles. The highest BCUT2D eigenvalue weighted by Gasteiger charge is 2.12. The van der Waals surface area contributed by atoms with Crippen molar-refractivity contribution in [1.29, 1.82) is 0 Å². The van der Waals surface area contributed by atoms with Gasteiger partial charge >= 0.3 is 5.97 Å². The third-order valence-electron chi connectivity index (χ3n) is 2.04. The summed E-state index contributed by atoms with van der Waals surface area (Å²) in [4.78, 5) is 14.7. The standard InChI is InChI=1S/C10H4BrCl2NO2/c11-5-3-4-1-2-6(10(15)16)14-9(4)8(13)7(5)12/h1-3H,(H,15,16). The molecule has 82 valence electrons. The van der Waals surface area contributed by atoms with Crippen molar-refractivity contribution in [1.82, 2.24) is 4.98 Å². The number of rotatable bonds is 1. The fourth-order valence-corrected chi connectivity index (χ4v) is 2.25. The minimum Gasteiger partial charge on any atom is -0.477 e. The average Bonchev–Trinajstić information content (AvgIpc) is 2.25. The Hall–Kier alpha value is -0.840. The summed E-state index contributed by atoms with van der Waals surface area (Å²) in [5, 5.41) is 10.1. The first kappa shape index (κ1) is 11.6. The molecule has 1 aromatic carbocycles. The van der Waals surface area contributed by atoms with Crippen LogP contribution in [0, 0.1) is 0 Å². The van der Waals surface area contributed by atoms with Gasteiger partial charge in [0.25, 0.3) is 0 Å². The Bertz CT molecular complexity index is 601. The van der Waals surface area contributed by atoms with Gasteiger partial charge in [-0.1, -0.05) is 29.3 Å². The molecule has 16 heavy (non-hydrogen) atoms. The average molecular weight is 321 g/mol. The molecule has 0 fully saturated rings. The number of fused-ring (bicyclic) bond motifs is 1. The number of halogens is 3. The molecule has 0 aliphatic rings. The number of carboxylic acid groups (broad SMARTS) is 1. The lowest BCUT2D eigenvalue weighted by Crippen LogP contribution is -2.00. The lowest BCUT2D eigenvalue weighted by Gasteiger charge is -2.05. The summed E-state index contributed by atoms with van der Waals surface area (Å²) in [6.07, 6.45) is 0. The maximum Gasteiger partial charge on any atom is 0.354 e. The highest BCUT2D eigenvalue weighted by atomic mass is 79.9. The first-order valence-electron chi connectivity index (χ1n) is 4.18. The molecule has 0 saturated carbocycles. The van der Waals surface area contributed by atoms with E-state index in [0.717, 1.165) is 5.39 Å². The van der Waals surface area contributed by atoms with Gasteiger partial charge in [0.05, 0.1) is 15.6 Å². The monoisotopic (exact) mass is 319 g/mol. The molecule has 0 radical (unpaired) electrons. The van der Waals surface area contributed by atoms with Crippen molar-refractivity contribution in [2.75, 3.05) is 0 Å². The van der Waals surface area contributed by atoms with Gasteiger partial charge in [-0.3, -0.25) is 0 Å². The maximum absolute atomic E-state index is 10.8. The summed E-state index contributed by atoms with van der Waals surface area (Å²) in [6.45, 7) is 0. The highest BCUT2D eigenvalue weighted by Crippen LogP contribution is 2.36. The molecule has 1 aromatic heterocycles. The fraction of sp³-hybridized carbons (Fsp3) is 0. The van der Waals surface area contributed by atoms with Gasteiger partial charge in [0.1, 0.15) is 5.69 Å². The number of nitrogens with zero attached hydrogens (tertiary/aromatic N) is 1. The van der Waals surface area contributed by atoms with Crippen molar-refractivity contribution < 1.29 is 9.90 Å². The summed E-state index contributed by atoms with van der Waals surface area (Å²) in [7, 11) is 0. The number of carboxylic acids is 1. The summed E-state index contributed by atoms with van der Waals surface area (Å²) in [6, 6.07) is 4.79. The molecule has 0 spiro atoms. The summed E-state index contributed by atoms with van der Waals surface area (Å²) in [5.74, 6) is -1.10. The SMILES string of the molecule is O=C(O)c1ccc2cc(Br)c(Cl)c(Cl)c2n1. The van der Waals surface area contributed by atoms with Gasteiger partial charge in [0.15, 0.2) is 0 Å². The number of aromatic carboxylic acids is 1. The molecule has 0 saturated heterocycles. The Morgan fingerprint density at radius 1 is 1.31 bits per heavy atom. The number of hydrogen-bond donors (Lipinski definition) is 1. The molecular formula is C10H4BrCl2NO2. The minimum atomic E-state index is -1.10. The van der Waals surface area contributed by atoms with E-state index in [2.05, 4.69) is 20.9 Å². The van der Waals surface area contributed by atoms with E-state index in [4.69, 9.17) is 28.3 Å². The largest absolute Gasteiger partial charge is 0.477 e. The van der Waals surface area contributed by atoms with Crippen molar-refractivity contribution in [3.8, 4) is 0 Å². The van der Waals surface area contributed by atoms with Crippen molar-refractivity contribution in [2.45, 2.75) is 0 Å². The summed E-state index contributed by atoms with van der Waals surface area (Å²) in [5.41, 5.74) is 0.322. The van der Waals surface area contributed by atoms with Crippen LogP contribution in [0.5, 0.6) is 0 Å². The smallest absolute Gasteiger partial charge is 0.354 e. The number of benzene rings is 1. The Kier molecular flexibility index (Phi) is 3.06. The van der Waals surface area contributed by atoms with Crippen LogP contribution in [0.1, 0.15) is 10.5 Å². The van der Waals surface area contributed by atoms with Gasteiger partial charge in [-0.2, -0.15) is 0 Å². The van der Waals surface area contributed by atoms with Gasteiger partial charge in [0, 0.05) is 9.86 Å². The van der Waals surface area contributed by atoms with Crippen molar-refractivity contribution in [3.05, 3.63) is 38.4 Å². The number of carbonyl (C=O) groups is 1. The molecule has 0 amide bonds. The second kappa shape index (κ2) is 4.20. The topological polar surface area (TPSA) is 50.2 Å². The Morgan fingerprint density at radius 2 is 2.00 bits per heavy atom. The van der Waals surface area contributed by atoms with E-state index < -0.39 is 5.97 Å². The zero-order chi connectivity index (χ0) is 11.9. The second-order valence-electron chi connectivity index (χ2n) is 3.06. The second-order valence-corrected chi connectivity index (χ2v) is 4.67. The molecule has 3 nitrogen and oxygen atoms in total. The highest BCUT2D eigenvalue weighted by molar-refractivity contribution is 9.10. The van der Waals surface area contributed by atoms with Crippen LogP contribution in [0.15, 0.2) is 22.7 Å². The van der Waals surface area contributed by atoms with Crippen LogP contribution in [-0.4, -0.2) is 16.1 Å². The van der Waals surface area contributed by atoms with Gasteiger partial charge in [-0.25, -0.2) is 9.78 Å². The Labute approximate surface area is 109 Å². The van der Waals surface area contributed by atoms with Gasteiger partial charge in [0.2, 0.25) is 0 Å². The third-order valence-corrected chi connectivity index (χ3v) is 3.75. The molecule has 1 N–H and O–H groups in total. The first-order chi connectivity index (χ1) is 7.50. The van der Waals surface area contributed by atoms with Crippen LogP contribution in [0.3, 0.4) is 0 Å². The summed E-state index contributed by atoms with van der Waals surface area (Å²) >= 11 is 15.2. The summed E-state index contributed by atoms with van der Waals surface area (Å²) < 4.78 is 0.650. The number of pyridine rings is 1. The van der Waals surface area contributed by atoms with Gasteiger partial charge in [-0.15, -0.1) is 0 Å². The predicted molar refractivity (Wildman–Crippen MR) is 66.4 cm³/mol. The van der Waals surface area contributed by atoms with Crippen LogP contribution in [-0.2, 0) is 0 Å². The van der Waals surface area contributed by atoms with Crippen LogP contribution in [0.4, 0.5) is 0 Å². The molecule has 0 bridgehead atoms. The zero-order valence-corrected chi connectivity index (χ0v) is 10.8. The van der Waals surface area contributed by atoms with Crippen molar-refractivity contribution >= 4 is 56.0 Å². The zero-order valence-electron chi connectivity index (χ0n) is 7.67. The molecule has 0 unspecified atom stereocenters. The first-order valence-corrected chi connectivity index (χ1v) is 5.73. The lowest BCUT2D eigenvalue weighted by atomic mass is 10.2. The van der Waals surface area contributed by atoms with E-state index in [1.807, 2.05) is 0 Å². The van der Waals surface area contributed by atoms with Crippen LogP contribution < -0.4 is 0 Å². The fourth-order valence-electron chi connectivity index (χ4n) is 1.29. The quantitative estimate of drug-likeness (QED) is 0.808. The molecule has 0 atom stereocenters. The normalized spacial score (nSPS) is 10.7. The molecule has 0 aliphatic heterocycles.